The number of phenols is 2. The predicted octanol–water partition coefficient (Wildman–Crippen LogP) is 6.66. The van der Waals surface area contributed by atoms with Gasteiger partial charge in [0, 0.05) is 56.2 Å². The van der Waals surface area contributed by atoms with Crippen LogP contribution in [0.4, 0.5) is 27.5 Å². The fourth-order valence-electron chi connectivity index (χ4n) is 5.88. The summed E-state index contributed by atoms with van der Waals surface area (Å²) in [5.74, 6) is -2.45. The van der Waals surface area contributed by atoms with E-state index >= 15 is 0 Å². The quantitative estimate of drug-likeness (QED) is 0.0600. The Balaban J connectivity index is 1.14. The first-order chi connectivity index (χ1) is 25.4. The number of phenolic OH excluding ortho intramolecular Hbond substituents is 2. The van der Waals surface area contributed by atoms with Crippen LogP contribution < -0.4 is 21.3 Å². The summed E-state index contributed by atoms with van der Waals surface area (Å²) in [4.78, 5) is 38.3. The number of hydrogen-bond donors (Lipinski definition) is 8. The fraction of sp³-hybridized carbons (Fsp3) is 0.0541. The zero-order chi connectivity index (χ0) is 39.1. The monoisotopic (exact) mass is 770 g/mol. The number of carbonyl (C=O) groups is 3. The Bertz CT molecular complexity index is 2600. The summed E-state index contributed by atoms with van der Waals surface area (Å²) in [5, 5.41) is 32.2. The van der Waals surface area contributed by atoms with Crippen molar-refractivity contribution in [1.82, 2.24) is 0 Å². The second-order valence-electron chi connectivity index (χ2n) is 12.1. The molecule has 6 aromatic rings. The summed E-state index contributed by atoms with van der Waals surface area (Å²) in [7, 11) is -9.35. The highest BCUT2D eigenvalue weighted by atomic mass is 32.2. The van der Waals surface area contributed by atoms with Crippen molar-refractivity contribution in [3.8, 4) is 11.5 Å². The molecule has 276 valence electrons. The van der Waals surface area contributed by atoms with Gasteiger partial charge in [-0.3, -0.25) is 18.7 Å². The molecule has 0 radical (unpaired) electrons. The van der Waals surface area contributed by atoms with Crippen LogP contribution in [-0.4, -0.2) is 54.0 Å². The van der Waals surface area contributed by atoms with Gasteiger partial charge in [0.25, 0.3) is 32.1 Å². The van der Waals surface area contributed by atoms with Gasteiger partial charge in [0.1, 0.15) is 21.3 Å². The molecule has 4 amide bonds. The zero-order valence-corrected chi connectivity index (χ0v) is 29.8. The van der Waals surface area contributed by atoms with E-state index in [0.29, 0.717) is 22.5 Å². The highest BCUT2D eigenvalue weighted by Gasteiger charge is 2.23. The molecule has 0 saturated heterocycles. The number of anilines is 4. The number of nitrogens with one attached hydrogen (secondary N) is 4. The van der Waals surface area contributed by atoms with Gasteiger partial charge in [-0.1, -0.05) is 48.5 Å². The smallest absolute Gasteiger partial charge is 0.323 e. The SMILES string of the molecule is Cc1cc(C(=O)Nc2c(O)cc(S(=O)(=O)O)c3ccccc23)ccc1NC(=O)Nc1ccc(C(=O)Nc2c(O)cc(S(=O)(=O)O)c3ccccc23)cc1C. The lowest BCUT2D eigenvalue weighted by Crippen LogP contribution is -2.21. The molecule has 0 atom stereocenters. The van der Waals surface area contributed by atoms with E-state index in [0.717, 1.165) is 12.1 Å². The van der Waals surface area contributed by atoms with Gasteiger partial charge in [0.2, 0.25) is 0 Å². The number of carbonyl (C=O) groups excluding carboxylic acids is 3. The largest absolute Gasteiger partial charge is 0.506 e. The standard InChI is InChI=1S/C37H30N4O11S2/c1-19-15-21(35(44)40-33-25-9-5-3-7-23(25)31(17-29(33)42)53(47,48)49)11-13-27(19)38-37(46)39-28-14-12-22(16-20(28)2)36(45)41-34-26-10-6-4-8-24(26)32(18-30(34)43)54(50,51)52/h3-18,42-43H,1-2H3,(H,40,44)(H,41,45)(H2,38,39,46)(H,47,48,49)(H,50,51,52). The lowest BCUT2D eigenvalue weighted by atomic mass is 10.1. The summed E-state index contributed by atoms with van der Waals surface area (Å²) in [6.45, 7) is 3.30. The third-order valence-electron chi connectivity index (χ3n) is 8.48. The predicted molar refractivity (Wildman–Crippen MR) is 202 cm³/mol. The van der Waals surface area contributed by atoms with Gasteiger partial charge in [0.15, 0.2) is 0 Å². The van der Waals surface area contributed by atoms with Crippen molar-refractivity contribution in [2.45, 2.75) is 23.6 Å². The molecule has 0 aliphatic carbocycles. The van der Waals surface area contributed by atoms with Crippen molar-refractivity contribution in [1.29, 1.82) is 0 Å². The van der Waals surface area contributed by atoms with Crippen LogP contribution in [0.1, 0.15) is 31.8 Å². The molecule has 17 heteroatoms. The molecule has 6 rings (SSSR count). The third-order valence-corrected chi connectivity index (χ3v) is 10.3. The first-order valence-electron chi connectivity index (χ1n) is 15.8. The van der Waals surface area contributed by atoms with Crippen molar-refractivity contribution in [3.63, 3.8) is 0 Å². The van der Waals surface area contributed by atoms with E-state index < -0.39 is 59.4 Å². The number of urea groups is 1. The lowest BCUT2D eigenvalue weighted by molar-refractivity contribution is 0.101. The molecule has 0 saturated carbocycles. The van der Waals surface area contributed by atoms with E-state index in [-0.39, 0.29) is 44.0 Å². The number of rotatable bonds is 8. The van der Waals surface area contributed by atoms with Gasteiger partial charge in [-0.15, -0.1) is 0 Å². The molecule has 0 aromatic heterocycles. The molecule has 0 spiro atoms. The molecule has 8 N–H and O–H groups in total. The average Bonchev–Trinajstić information content (AvgIpc) is 3.11. The van der Waals surface area contributed by atoms with E-state index in [4.69, 9.17) is 0 Å². The van der Waals surface area contributed by atoms with Crippen molar-refractivity contribution in [3.05, 3.63) is 119 Å². The van der Waals surface area contributed by atoms with Gasteiger partial charge < -0.3 is 31.5 Å². The Labute approximate surface area is 307 Å². The molecule has 0 unspecified atom stereocenters. The minimum Gasteiger partial charge on any atom is -0.506 e. The Morgan fingerprint density at radius 1 is 0.500 bits per heavy atom. The maximum atomic E-state index is 13.2. The third kappa shape index (κ3) is 7.50. The molecule has 6 aromatic carbocycles. The first kappa shape index (κ1) is 37.2. The summed E-state index contributed by atoms with van der Waals surface area (Å²) < 4.78 is 66.7. The number of aromatic hydroxyl groups is 2. The van der Waals surface area contributed by atoms with Crippen LogP contribution in [0.15, 0.2) is 107 Å². The van der Waals surface area contributed by atoms with Gasteiger partial charge in [-0.25, -0.2) is 4.79 Å². The maximum Gasteiger partial charge on any atom is 0.323 e. The van der Waals surface area contributed by atoms with E-state index in [1.54, 1.807) is 26.0 Å². The highest BCUT2D eigenvalue weighted by molar-refractivity contribution is 7.86. The Kier molecular flexibility index (Phi) is 9.74. The topological polar surface area (TPSA) is 249 Å². The number of amides is 4. The van der Waals surface area contributed by atoms with Crippen LogP contribution in [0.5, 0.6) is 11.5 Å². The molecule has 15 nitrogen and oxygen atoms in total. The molecule has 0 bridgehead atoms. The van der Waals surface area contributed by atoms with E-state index in [2.05, 4.69) is 21.3 Å². The Morgan fingerprint density at radius 3 is 1.19 bits per heavy atom. The summed E-state index contributed by atoms with van der Waals surface area (Å²) in [6, 6.07) is 21.9. The minimum atomic E-state index is -4.68. The van der Waals surface area contributed by atoms with Crippen LogP contribution in [0.2, 0.25) is 0 Å². The highest BCUT2D eigenvalue weighted by Crippen LogP contribution is 2.39. The number of fused-ring (bicyclic) bond motifs is 2. The van der Waals surface area contributed by atoms with Gasteiger partial charge >= 0.3 is 6.03 Å². The molecular formula is C37H30N4O11S2. The van der Waals surface area contributed by atoms with Crippen LogP contribution in [-0.2, 0) is 20.2 Å². The second-order valence-corrected chi connectivity index (χ2v) is 14.9. The van der Waals surface area contributed by atoms with Gasteiger partial charge in [-0.05, 0) is 61.4 Å². The Morgan fingerprint density at radius 2 is 0.852 bits per heavy atom. The van der Waals surface area contributed by atoms with Crippen LogP contribution in [0.3, 0.4) is 0 Å². The molecule has 0 aliphatic heterocycles. The summed E-state index contributed by atoms with van der Waals surface area (Å²) in [5.41, 5.74) is 1.88. The minimum absolute atomic E-state index is 0.0675. The molecule has 54 heavy (non-hydrogen) atoms. The first-order valence-corrected chi connectivity index (χ1v) is 18.7. The summed E-state index contributed by atoms with van der Waals surface area (Å²) >= 11 is 0. The number of hydrogen-bond acceptors (Lipinski definition) is 9. The van der Waals surface area contributed by atoms with E-state index in [1.165, 1.54) is 72.8 Å². The van der Waals surface area contributed by atoms with Crippen molar-refractivity contribution < 1.29 is 50.5 Å². The maximum absolute atomic E-state index is 13.2. The van der Waals surface area contributed by atoms with E-state index in [9.17, 15) is 50.5 Å². The van der Waals surface area contributed by atoms with Gasteiger partial charge in [0.05, 0.1) is 11.4 Å². The molecule has 0 fully saturated rings. The molecular weight excluding hydrogens is 741 g/mol. The number of aryl methyl sites for hydroxylation is 2. The average molecular weight is 771 g/mol. The van der Waals surface area contributed by atoms with E-state index in [1.807, 2.05) is 0 Å². The van der Waals surface area contributed by atoms with Crippen LogP contribution in [0, 0.1) is 13.8 Å². The lowest BCUT2D eigenvalue weighted by Gasteiger charge is -2.15. The molecule has 0 heterocycles. The fourth-order valence-corrected chi connectivity index (χ4v) is 7.32. The van der Waals surface area contributed by atoms with Crippen molar-refractivity contribution in [2.24, 2.45) is 0 Å². The normalized spacial score (nSPS) is 11.6. The van der Waals surface area contributed by atoms with Crippen molar-refractivity contribution in [2.75, 3.05) is 21.3 Å². The summed E-state index contributed by atoms with van der Waals surface area (Å²) in [6.07, 6.45) is 0. The van der Waals surface area contributed by atoms with Crippen LogP contribution >= 0.6 is 0 Å². The zero-order valence-electron chi connectivity index (χ0n) is 28.2. The second kappa shape index (κ2) is 14.1. The van der Waals surface area contributed by atoms with Gasteiger partial charge in [-0.2, -0.15) is 16.8 Å². The van der Waals surface area contributed by atoms with Crippen molar-refractivity contribution >= 4 is 82.4 Å². The number of benzene rings is 6. The molecule has 0 aliphatic rings. The Hall–Kier alpha value is -6.53. The van der Waals surface area contributed by atoms with Crippen LogP contribution in [0.25, 0.3) is 21.5 Å².